The number of pyridine rings is 1. The molecule has 0 fully saturated rings. The molecule has 0 atom stereocenters. The Bertz CT molecular complexity index is 994. The van der Waals surface area contributed by atoms with Crippen LogP contribution in [0.5, 0.6) is 0 Å². The molecule has 0 spiro atoms. The zero-order valence-corrected chi connectivity index (χ0v) is 13.9. The zero-order valence-electron chi connectivity index (χ0n) is 13.9. The first-order valence-corrected chi connectivity index (χ1v) is 7.63. The number of nitrogens with two attached hydrogens (primary N) is 1. The Kier molecular flexibility index (Phi) is 3.67. The lowest BCUT2D eigenvalue weighted by molar-refractivity contribution is -0.364. The van der Waals surface area contributed by atoms with Gasteiger partial charge in [0.2, 0.25) is 0 Å². The van der Waals surface area contributed by atoms with Crippen molar-refractivity contribution in [2.45, 2.75) is 20.8 Å². The molecular formula is C20H17N4+. The molecule has 1 aromatic heterocycles. The van der Waals surface area contributed by atoms with E-state index < -0.39 is 0 Å². The molecule has 0 amide bonds. The van der Waals surface area contributed by atoms with Crippen molar-refractivity contribution in [3.8, 4) is 12.1 Å². The molecule has 0 saturated heterocycles. The van der Waals surface area contributed by atoms with Gasteiger partial charge in [-0.1, -0.05) is 29.8 Å². The molecule has 0 aliphatic heterocycles. The first-order chi connectivity index (χ1) is 11.5. The Labute approximate surface area is 141 Å². The van der Waals surface area contributed by atoms with Crippen LogP contribution in [0.25, 0.3) is 17.2 Å². The average molecular weight is 313 g/mol. The highest BCUT2D eigenvalue weighted by molar-refractivity contribution is 6.07. The minimum absolute atomic E-state index is 0.297. The van der Waals surface area contributed by atoms with Gasteiger partial charge in [-0.05, 0) is 49.1 Å². The van der Waals surface area contributed by atoms with E-state index in [2.05, 4.69) is 35.3 Å². The number of benzene rings is 1. The van der Waals surface area contributed by atoms with E-state index in [1.165, 1.54) is 5.56 Å². The molecule has 4 heteroatoms. The van der Waals surface area contributed by atoms with Crippen LogP contribution < -0.4 is 10.7 Å². The Hall–Kier alpha value is -3.37. The number of nitrogens with zero attached hydrogens (tertiary/aromatic N) is 2. The van der Waals surface area contributed by atoms with Gasteiger partial charge in [-0.15, -0.1) is 0 Å². The fraction of sp³-hybridized carbons (Fsp3) is 0.150. The van der Waals surface area contributed by atoms with Crippen LogP contribution in [0.15, 0.2) is 29.8 Å². The summed E-state index contributed by atoms with van der Waals surface area (Å²) in [5.41, 5.74) is 13.4. The third-order valence-electron chi connectivity index (χ3n) is 4.44. The number of aromatic amines is 1. The summed E-state index contributed by atoms with van der Waals surface area (Å²) in [4.78, 5) is 3.04. The third kappa shape index (κ3) is 2.26. The maximum Gasteiger partial charge on any atom is 0.289 e. The minimum Gasteiger partial charge on any atom is -0.286 e. The number of nitrogen functional groups attached to an aromatic ring is 1. The van der Waals surface area contributed by atoms with E-state index in [0.29, 0.717) is 22.6 Å². The van der Waals surface area contributed by atoms with Crippen molar-refractivity contribution in [3.05, 3.63) is 63.3 Å². The van der Waals surface area contributed by atoms with Gasteiger partial charge in [0.1, 0.15) is 23.3 Å². The van der Waals surface area contributed by atoms with Crippen LogP contribution in [-0.2, 0) is 0 Å². The largest absolute Gasteiger partial charge is 0.289 e. The molecule has 0 bridgehead atoms. The topological polar surface area (TPSA) is 87.7 Å². The first kappa shape index (κ1) is 15.5. The molecule has 1 heterocycles. The highest BCUT2D eigenvalue weighted by atomic mass is 14.9. The second kappa shape index (κ2) is 5.68. The van der Waals surface area contributed by atoms with Crippen molar-refractivity contribution < 1.29 is 4.98 Å². The number of aromatic nitrogens is 1. The van der Waals surface area contributed by atoms with Crippen molar-refractivity contribution in [2.24, 2.45) is 0 Å². The third-order valence-corrected chi connectivity index (χ3v) is 4.44. The summed E-state index contributed by atoms with van der Waals surface area (Å²) in [6.07, 6.45) is 2.05. The van der Waals surface area contributed by atoms with Gasteiger partial charge in [-0.3, -0.25) is 5.73 Å². The van der Waals surface area contributed by atoms with Crippen molar-refractivity contribution >= 4 is 23.0 Å². The van der Waals surface area contributed by atoms with Crippen LogP contribution in [-0.4, -0.2) is 0 Å². The standard InChI is InChI=1S/C20H16N4/c1-11-4-6-14(7-5-11)8-15-12(2)16(9-21)19-18(15)13(3)17(10-22)20(23)24-19/h4-8H,1-3H3,(H2,23,24)/p+1. The molecule has 0 radical (unpaired) electrons. The van der Waals surface area contributed by atoms with Crippen molar-refractivity contribution in [1.82, 2.24) is 0 Å². The van der Waals surface area contributed by atoms with Gasteiger partial charge in [0.25, 0.3) is 5.82 Å². The number of hydrogen-bond donors (Lipinski definition) is 1. The smallest absolute Gasteiger partial charge is 0.286 e. The van der Waals surface area contributed by atoms with E-state index in [-0.39, 0.29) is 0 Å². The molecule has 4 nitrogen and oxygen atoms in total. The van der Waals surface area contributed by atoms with Crippen molar-refractivity contribution in [3.63, 3.8) is 0 Å². The van der Waals surface area contributed by atoms with Crippen LogP contribution >= 0.6 is 0 Å². The Balaban J connectivity index is 2.31. The summed E-state index contributed by atoms with van der Waals surface area (Å²) in [5, 5.41) is 18.9. The summed E-state index contributed by atoms with van der Waals surface area (Å²) in [6, 6.07) is 12.6. The fourth-order valence-corrected chi connectivity index (χ4v) is 3.10. The predicted octanol–water partition coefficient (Wildman–Crippen LogP) is 3.42. The van der Waals surface area contributed by atoms with E-state index in [9.17, 15) is 10.5 Å². The highest BCUT2D eigenvalue weighted by Gasteiger charge is 2.31. The van der Waals surface area contributed by atoms with Gasteiger partial charge in [0.15, 0.2) is 5.69 Å². The number of nitrogens with one attached hydrogen (secondary N) is 1. The number of hydrogen-bond acceptors (Lipinski definition) is 3. The number of H-pyrrole nitrogens is 1. The van der Waals surface area contributed by atoms with E-state index in [1.54, 1.807) is 0 Å². The summed E-state index contributed by atoms with van der Waals surface area (Å²) in [5.74, 6) is 0.297. The van der Waals surface area contributed by atoms with E-state index in [0.717, 1.165) is 27.8 Å². The molecule has 1 aromatic carbocycles. The quantitative estimate of drug-likeness (QED) is 0.875. The maximum absolute atomic E-state index is 9.55. The molecular weight excluding hydrogens is 296 g/mol. The first-order valence-electron chi connectivity index (χ1n) is 7.63. The van der Waals surface area contributed by atoms with Crippen LogP contribution in [0.1, 0.15) is 40.4 Å². The molecule has 1 aliphatic rings. The molecule has 2 aromatic rings. The lowest BCUT2D eigenvalue weighted by Gasteiger charge is -2.08. The lowest BCUT2D eigenvalue weighted by Crippen LogP contribution is -2.20. The average Bonchev–Trinajstić information content (AvgIpc) is 2.81. The Morgan fingerprint density at radius 3 is 2.29 bits per heavy atom. The molecule has 1 aliphatic carbocycles. The number of fused-ring (bicyclic) bond motifs is 1. The van der Waals surface area contributed by atoms with E-state index >= 15 is 0 Å². The van der Waals surface area contributed by atoms with E-state index in [4.69, 9.17) is 5.73 Å². The second-order valence-corrected chi connectivity index (χ2v) is 5.98. The van der Waals surface area contributed by atoms with Crippen LogP contribution in [0.2, 0.25) is 0 Å². The summed E-state index contributed by atoms with van der Waals surface area (Å²) in [6.45, 7) is 5.84. The lowest BCUT2D eigenvalue weighted by atomic mass is 9.95. The van der Waals surface area contributed by atoms with E-state index in [1.807, 2.05) is 32.9 Å². The normalized spacial score (nSPS) is 14.5. The number of nitriles is 2. The minimum atomic E-state index is 0.297. The van der Waals surface area contributed by atoms with Crippen LogP contribution in [0.3, 0.4) is 0 Å². The van der Waals surface area contributed by atoms with Crippen molar-refractivity contribution in [1.29, 1.82) is 10.5 Å². The van der Waals surface area contributed by atoms with Gasteiger partial charge in [0, 0.05) is 5.56 Å². The molecule has 0 unspecified atom stereocenters. The molecule has 3 rings (SSSR count). The highest BCUT2D eigenvalue weighted by Crippen LogP contribution is 2.42. The second-order valence-electron chi connectivity index (χ2n) is 5.98. The fourth-order valence-electron chi connectivity index (χ4n) is 3.10. The molecule has 24 heavy (non-hydrogen) atoms. The Morgan fingerprint density at radius 1 is 1.04 bits per heavy atom. The number of rotatable bonds is 1. The van der Waals surface area contributed by atoms with Gasteiger partial charge in [-0.25, -0.2) is 4.98 Å². The van der Waals surface area contributed by atoms with Crippen molar-refractivity contribution in [2.75, 3.05) is 5.73 Å². The van der Waals surface area contributed by atoms with Gasteiger partial charge in [-0.2, -0.15) is 10.5 Å². The van der Waals surface area contributed by atoms with Gasteiger partial charge in [0.05, 0.1) is 0 Å². The summed E-state index contributed by atoms with van der Waals surface area (Å²) >= 11 is 0. The number of allylic oxidation sites excluding steroid dienone is 3. The zero-order chi connectivity index (χ0) is 17.4. The molecule has 0 saturated carbocycles. The predicted molar refractivity (Wildman–Crippen MR) is 94.1 cm³/mol. The Morgan fingerprint density at radius 2 is 1.71 bits per heavy atom. The van der Waals surface area contributed by atoms with Gasteiger partial charge < -0.3 is 0 Å². The number of aryl methyl sites for hydroxylation is 1. The SMILES string of the molecule is CC1=C(C#N)c2[nH+]c(N)c(C#N)c(C)c2C1=Cc1ccc(C)cc1. The van der Waals surface area contributed by atoms with Gasteiger partial charge >= 0.3 is 0 Å². The summed E-state index contributed by atoms with van der Waals surface area (Å²) in [7, 11) is 0. The molecule has 3 N–H and O–H groups in total. The monoisotopic (exact) mass is 313 g/mol. The van der Waals surface area contributed by atoms with Crippen LogP contribution in [0, 0.1) is 36.5 Å². The number of anilines is 1. The molecule has 116 valence electrons. The summed E-state index contributed by atoms with van der Waals surface area (Å²) < 4.78 is 0. The van der Waals surface area contributed by atoms with Crippen LogP contribution in [0.4, 0.5) is 5.82 Å². The maximum atomic E-state index is 9.55.